The Bertz CT molecular complexity index is 761. The number of fused-ring (bicyclic) bond motifs is 3. The smallest absolute Gasteiger partial charge is 0.310 e. The highest BCUT2D eigenvalue weighted by atomic mass is 16.6. The van der Waals surface area contributed by atoms with E-state index < -0.39 is 5.60 Å². The minimum Gasteiger partial charge on any atom is -0.460 e. The number of carbonyl (C=O) groups excluding carboxylic acids is 1. The van der Waals surface area contributed by atoms with Gasteiger partial charge in [0.15, 0.2) is 0 Å². The second-order valence-electron chi connectivity index (χ2n) is 10.8. The molecule has 3 heterocycles. The fourth-order valence-electron chi connectivity index (χ4n) is 6.27. The molecule has 3 saturated heterocycles. The molecule has 1 aliphatic carbocycles. The molecule has 164 valence electrons. The molecule has 4 aliphatic rings. The lowest BCUT2D eigenvalue weighted by atomic mass is 9.56. The number of carbonyl (C=O) groups is 1. The number of ether oxygens (including phenoxy) is 1. The Morgan fingerprint density at radius 3 is 2.53 bits per heavy atom. The maximum absolute atomic E-state index is 12.0. The fourth-order valence-corrected chi connectivity index (χ4v) is 6.27. The molecule has 0 unspecified atom stereocenters. The van der Waals surface area contributed by atoms with Crippen LogP contribution in [0.3, 0.4) is 0 Å². The summed E-state index contributed by atoms with van der Waals surface area (Å²) in [4.78, 5) is 14.7. The van der Waals surface area contributed by atoms with Gasteiger partial charge in [0.2, 0.25) is 0 Å². The van der Waals surface area contributed by atoms with Crippen molar-refractivity contribution in [1.29, 1.82) is 0 Å². The summed E-state index contributed by atoms with van der Waals surface area (Å²) in [5, 5.41) is 0. The highest BCUT2D eigenvalue weighted by molar-refractivity contribution is 5.73. The van der Waals surface area contributed by atoms with E-state index in [1.165, 1.54) is 70.1 Å². The van der Waals surface area contributed by atoms with Crippen molar-refractivity contribution in [2.24, 2.45) is 11.8 Å². The minimum absolute atomic E-state index is 0.161. The lowest BCUT2D eigenvalue weighted by molar-refractivity contribution is -0.153. The monoisotopic (exact) mass is 409 g/mol. The first-order valence-electron chi connectivity index (χ1n) is 12.1. The molecule has 1 aromatic rings. The van der Waals surface area contributed by atoms with E-state index in [0.717, 1.165) is 11.8 Å². The van der Waals surface area contributed by atoms with E-state index in [4.69, 9.17) is 4.74 Å². The molecule has 2 bridgehead atoms. The van der Waals surface area contributed by atoms with Crippen LogP contribution in [0.4, 0.5) is 0 Å². The van der Waals surface area contributed by atoms with Crippen molar-refractivity contribution < 1.29 is 9.53 Å². The molecule has 0 radical (unpaired) electrons. The van der Waals surface area contributed by atoms with Gasteiger partial charge >= 0.3 is 5.97 Å². The molecular formula is C27H39NO2. The normalized spacial score (nSPS) is 28.6. The van der Waals surface area contributed by atoms with Crippen molar-refractivity contribution in [2.75, 3.05) is 19.6 Å². The van der Waals surface area contributed by atoms with Crippen molar-refractivity contribution in [1.82, 2.24) is 4.90 Å². The van der Waals surface area contributed by atoms with Crippen LogP contribution in [0.15, 0.2) is 30.3 Å². The molecule has 5 rings (SSSR count). The summed E-state index contributed by atoms with van der Waals surface area (Å²) < 4.78 is 5.42. The van der Waals surface area contributed by atoms with Gasteiger partial charge in [0.05, 0.1) is 6.42 Å². The van der Waals surface area contributed by atoms with Crippen LogP contribution in [0.5, 0.6) is 0 Å². The SMILES string of the molecule is CC(C)(C)OC(=O)C/C=C/c1cccc(C2([C@@H]3CN4CCC3CC4)CCCCC2)c1. The summed E-state index contributed by atoms with van der Waals surface area (Å²) >= 11 is 0. The Hall–Kier alpha value is -1.61. The average Bonchev–Trinajstić information content (AvgIpc) is 2.74. The predicted octanol–water partition coefficient (Wildman–Crippen LogP) is 5.98. The zero-order valence-corrected chi connectivity index (χ0v) is 19.2. The molecular weight excluding hydrogens is 370 g/mol. The second-order valence-corrected chi connectivity index (χ2v) is 10.8. The molecule has 1 aromatic carbocycles. The van der Waals surface area contributed by atoms with Crippen LogP contribution in [0.2, 0.25) is 0 Å². The van der Waals surface area contributed by atoms with E-state index in [1.807, 2.05) is 26.8 Å². The largest absolute Gasteiger partial charge is 0.460 e. The van der Waals surface area contributed by atoms with Crippen molar-refractivity contribution in [3.63, 3.8) is 0 Å². The Kier molecular flexibility index (Phi) is 6.39. The van der Waals surface area contributed by atoms with Crippen molar-refractivity contribution in [3.05, 3.63) is 41.5 Å². The average molecular weight is 410 g/mol. The first-order valence-corrected chi connectivity index (χ1v) is 12.1. The predicted molar refractivity (Wildman–Crippen MR) is 123 cm³/mol. The van der Waals surface area contributed by atoms with Crippen LogP contribution in [0.1, 0.15) is 83.3 Å². The van der Waals surface area contributed by atoms with E-state index in [9.17, 15) is 4.79 Å². The highest BCUT2D eigenvalue weighted by Gasteiger charge is 2.48. The zero-order chi connectivity index (χ0) is 21.2. The molecule has 1 saturated carbocycles. The maximum atomic E-state index is 12.0. The summed E-state index contributed by atoms with van der Waals surface area (Å²) in [6, 6.07) is 9.19. The van der Waals surface area contributed by atoms with E-state index >= 15 is 0 Å². The number of rotatable bonds is 5. The second kappa shape index (κ2) is 8.86. The molecule has 0 aromatic heterocycles. The van der Waals surface area contributed by atoms with Crippen molar-refractivity contribution in [3.8, 4) is 0 Å². The molecule has 0 amide bonds. The van der Waals surface area contributed by atoms with Gasteiger partial charge in [0.25, 0.3) is 0 Å². The van der Waals surface area contributed by atoms with Gasteiger partial charge in [-0.2, -0.15) is 0 Å². The van der Waals surface area contributed by atoms with E-state index in [1.54, 1.807) is 5.56 Å². The van der Waals surface area contributed by atoms with Crippen LogP contribution in [0.25, 0.3) is 6.08 Å². The summed E-state index contributed by atoms with van der Waals surface area (Å²) in [6.07, 6.45) is 14.0. The van der Waals surface area contributed by atoms with Gasteiger partial charge in [-0.15, -0.1) is 0 Å². The van der Waals surface area contributed by atoms with Crippen LogP contribution in [-0.4, -0.2) is 36.1 Å². The number of esters is 1. The summed E-state index contributed by atoms with van der Waals surface area (Å²) in [5.41, 5.74) is 2.67. The molecule has 0 spiro atoms. The van der Waals surface area contributed by atoms with Gasteiger partial charge in [0.1, 0.15) is 5.60 Å². The van der Waals surface area contributed by atoms with E-state index in [2.05, 4.69) is 35.2 Å². The topological polar surface area (TPSA) is 29.5 Å². The van der Waals surface area contributed by atoms with Gasteiger partial charge in [-0.05, 0) is 87.9 Å². The lowest BCUT2D eigenvalue weighted by Crippen LogP contribution is -2.55. The van der Waals surface area contributed by atoms with Crippen LogP contribution in [0, 0.1) is 11.8 Å². The van der Waals surface area contributed by atoms with Crippen molar-refractivity contribution in [2.45, 2.75) is 83.2 Å². The van der Waals surface area contributed by atoms with E-state index in [-0.39, 0.29) is 5.97 Å². The third-order valence-corrected chi connectivity index (χ3v) is 7.59. The van der Waals surface area contributed by atoms with Gasteiger partial charge in [0, 0.05) is 6.54 Å². The van der Waals surface area contributed by atoms with Gasteiger partial charge in [-0.25, -0.2) is 0 Å². The first kappa shape index (κ1) is 21.6. The Morgan fingerprint density at radius 2 is 1.90 bits per heavy atom. The number of piperidine rings is 3. The summed E-state index contributed by atoms with van der Waals surface area (Å²) in [7, 11) is 0. The molecule has 3 aliphatic heterocycles. The van der Waals surface area contributed by atoms with Crippen LogP contribution >= 0.6 is 0 Å². The summed E-state index contributed by atoms with van der Waals surface area (Å²) in [6.45, 7) is 9.65. The number of hydrogen-bond acceptors (Lipinski definition) is 3. The molecule has 0 N–H and O–H groups in total. The number of hydrogen-bond donors (Lipinski definition) is 0. The lowest BCUT2D eigenvalue weighted by Gasteiger charge is -2.55. The molecule has 4 fully saturated rings. The highest BCUT2D eigenvalue weighted by Crippen LogP contribution is 2.52. The first-order chi connectivity index (χ1) is 14.4. The quantitative estimate of drug-likeness (QED) is 0.561. The molecule has 1 atom stereocenters. The Labute approximate surface area is 182 Å². The standard InChI is InChI=1S/C27H39NO2/c1-26(2,3)30-25(29)12-8-10-21-9-7-11-23(19-21)27(15-5-4-6-16-27)24-20-28-17-13-22(24)14-18-28/h7-11,19,22,24H,4-6,12-18,20H2,1-3H3/b10-8+/t24-/m1/s1. The van der Waals surface area contributed by atoms with Gasteiger partial charge in [-0.3, -0.25) is 4.79 Å². The molecule has 3 nitrogen and oxygen atoms in total. The van der Waals surface area contributed by atoms with Gasteiger partial charge in [-0.1, -0.05) is 55.7 Å². The zero-order valence-electron chi connectivity index (χ0n) is 19.2. The number of nitrogens with zero attached hydrogens (tertiary/aromatic N) is 1. The van der Waals surface area contributed by atoms with Crippen molar-refractivity contribution >= 4 is 12.0 Å². The van der Waals surface area contributed by atoms with Gasteiger partial charge < -0.3 is 9.64 Å². The van der Waals surface area contributed by atoms with E-state index in [0.29, 0.717) is 11.8 Å². The Balaban J connectivity index is 1.53. The third kappa shape index (κ3) is 4.82. The fraction of sp³-hybridized carbons (Fsp3) is 0.667. The molecule has 30 heavy (non-hydrogen) atoms. The third-order valence-electron chi connectivity index (χ3n) is 7.59. The molecule has 3 heteroatoms. The van der Waals surface area contributed by atoms with Crippen LogP contribution in [-0.2, 0) is 14.9 Å². The van der Waals surface area contributed by atoms with Crippen LogP contribution < -0.4 is 0 Å². The minimum atomic E-state index is -0.423. The number of benzene rings is 1. The summed E-state index contributed by atoms with van der Waals surface area (Å²) in [5.74, 6) is 1.55. The maximum Gasteiger partial charge on any atom is 0.310 e. The Morgan fingerprint density at radius 1 is 1.17 bits per heavy atom.